The molecule has 0 bridgehead atoms. The van der Waals surface area contributed by atoms with Crippen LogP contribution in [0.4, 0.5) is 0 Å². The Morgan fingerprint density at radius 1 is 1.42 bits per heavy atom. The largest absolute Gasteiger partial charge is 0.493 e. The fraction of sp³-hybridized carbons (Fsp3) is 0.231. The minimum Gasteiger partial charge on any atom is -0.493 e. The summed E-state index contributed by atoms with van der Waals surface area (Å²) in [6.45, 7) is 0.518. The first-order valence-corrected chi connectivity index (χ1v) is 5.73. The molecule has 19 heavy (non-hydrogen) atoms. The molecule has 0 atom stereocenters. The van der Waals surface area contributed by atoms with Crippen molar-refractivity contribution < 1.29 is 14.3 Å². The lowest BCUT2D eigenvalue weighted by atomic mass is 10.2. The van der Waals surface area contributed by atoms with Gasteiger partial charge in [-0.05, 0) is 17.7 Å². The van der Waals surface area contributed by atoms with E-state index in [9.17, 15) is 4.79 Å². The summed E-state index contributed by atoms with van der Waals surface area (Å²) in [4.78, 5) is 14.7. The van der Waals surface area contributed by atoms with E-state index >= 15 is 0 Å². The van der Waals surface area contributed by atoms with Gasteiger partial charge in [-0.15, -0.1) is 0 Å². The van der Waals surface area contributed by atoms with E-state index < -0.39 is 5.91 Å². The summed E-state index contributed by atoms with van der Waals surface area (Å²) in [5.74, 6) is 0.541. The Morgan fingerprint density at radius 2 is 2.26 bits per heavy atom. The first kappa shape index (κ1) is 12.9. The number of amides is 1. The second kappa shape index (κ2) is 5.90. The molecule has 0 saturated heterocycles. The molecular weight excluding hydrogens is 246 g/mol. The Labute approximate surface area is 110 Å². The Morgan fingerprint density at radius 3 is 2.89 bits per heavy atom. The van der Waals surface area contributed by atoms with Crippen LogP contribution in [-0.4, -0.2) is 29.2 Å². The number of hydrogen-bond acceptors (Lipinski definition) is 4. The molecule has 0 aliphatic carbocycles. The topological polar surface area (TPSA) is 79.4 Å². The highest BCUT2D eigenvalue weighted by Crippen LogP contribution is 2.28. The number of methoxy groups -OCH3 is 1. The van der Waals surface area contributed by atoms with Crippen molar-refractivity contribution in [3.63, 3.8) is 0 Å². The lowest BCUT2D eigenvalue weighted by Gasteiger charge is -2.11. The van der Waals surface area contributed by atoms with E-state index in [1.165, 1.54) is 0 Å². The van der Waals surface area contributed by atoms with Crippen LogP contribution >= 0.6 is 0 Å². The van der Waals surface area contributed by atoms with E-state index in [1.54, 1.807) is 25.7 Å². The van der Waals surface area contributed by atoms with Gasteiger partial charge >= 0.3 is 0 Å². The smallest absolute Gasteiger partial charge is 0.255 e. The van der Waals surface area contributed by atoms with Crippen molar-refractivity contribution in [2.24, 2.45) is 5.73 Å². The van der Waals surface area contributed by atoms with Gasteiger partial charge < -0.3 is 19.8 Å². The van der Waals surface area contributed by atoms with E-state index in [-0.39, 0.29) is 6.61 Å². The summed E-state index contributed by atoms with van der Waals surface area (Å²) in [6.07, 6.45) is 5.34. The highest BCUT2D eigenvalue weighted by atomic mass is 16.5. The van der Waals surface area contributed by atoms with Gasteiger partial charge in [0.15, 0.2) is 18.1 Å². The van der Waals surface area contributed by atoms with Crippen molar-refractivity contribution in [3.05, 3.63) is 42.5 Å². The van der Waals surface area contributed by atoms with Crippen LogP contribution in [0.3, 0.4) is 0 Å². The van der Waals surface area contributed by atoms with Crippen molar-refractivity contribution in [3.8, 4) is 11.5 Å². The third kappa shape index (κ3) is 3.48. The van der Waals surface area contributed by atoms with Crippen LogP contribution in [0.25, 0.3) is 0 Å². The van der Waals surface area contributed by atoms with Crippen molar-refractivity contribution in [1.29, 1.82) is 0 Å². The number of ether oxygens (including phenoxy) is 2. The molecule has 2 aromatic rings. The molecule has 1 amide bonds. The monoisotopic (exact) mass is 261 g/mol. The molecule has 0 unspecified atom stereocenters. The minimum atomic E-state index is -0.524. The molecule has 0 radical (unpaired) electrons. The highest BCUT2D eigenvalue weighted by molar-refractivity contribution is 5.75. The zero-order valence-corrected chi connectivity index (χ0v) is 10.6. The molecule has 2 rings (SSSR count). The SMILES string of the molecule is COc1cc(Cn2ccnc2)ccc1OCC(N)=O. The molecule has 1 heterocycles. The van der Waals surface area contributed by atoms with Crippen molar-refractivity contribution in [2.75, 3.05) is 13.7 Å². The second-order valence-electron chi connectivity index (χ2n) is 3.98. The van der Waals surface area contributed by atoms with Crippen molar-refractivity contribution >= 4 is 5.91 Å². The number of nitrogens with two attached hydrogens (primary N) is 1. The van der Waals surface area contributed by atoms with Gasteiger partial charge in [0.25, 0.3) is 5.91 Å². The molecule has 1 aromatic carbocycles. The van der Waals surface area contributed by atoms with Gasteiger partial charge in [0, 0.05) is 18.9 Å². The van der Waals surface area contributed by atoms with Crippen LogP contribution < -0.4 is 15.2 Å². The van der Waals surface area contributed by atoms with Gasteiger partial charge in [0.1, 0.15) is 0 Å². The van der Waals surface area contributed by atoms with Gasteiger partial charge in [0.2, 0.25) is 0 Å². The summed E-state index contributed by atoms with van der Waals surface area (Å²) in [7, 11) is 1.55. The number of primary amides is 1. The number of aromatic nitrogens is 2. The predicted molar refractivity (Wildman–Crippen MR) is 69.0 cm³/mol. The van der Waals surface area contributed by atoms with Crippen molar-refractivity contribution in [1.82, 2.24) is 9.55 Å². The molecule has 6 heteroatoms. The second-order valence-corrected chi connectivity index (χ2v) is 3.98. The number of carbonyl (C=O) groups excluding carboxylic acids is 1. The molecule has 0 aliphatic heterocycles. The zero-order valence-electron chi connectivity index (χ0n) is 10.6. The van der Waals surface area contributed by atoms with Crippen LogP contribution in [0.5, 0.6) is 11.5 Å². The van der Waals surface area contributed by atoms with E-state index in [0.29, 0.717) is 18.0 Å². The summed E-state index contributed by atoms with van der Waals surface area (Å²) in [5, 5.41) is 0. The third-order valence-electron chi connectivity index (χ3n) is 2.52. The number of rotatable bonds is 6. The lowest BCUT2D eigenvalue weighted by molar-refractivity contribution is -0.119. The van der Waals surface area contributed by atoms with Crippen LogP contribution in [0.2, 0.25) is 0 Å². The normalized spacial score (nSPS) is 10.2. The summed E-state index contributed by atoms with van der Waals surface area (Å²) in [5.41, 5.74) is 6.08. The molecule has 0 fully saturated rings. The van der Waals surface area contributed by atoms with Gasteiger partial charge in [-0.3, -0.25) is 4.79 Å². The minimum absolute atomic E-state index is 0.169. The highest BCUT2D eigenvalue weighted by Gasteiger charge is 2.07. The molecule has 0 saturated carbocycles. The zero-order chi connectivity index (χ0) is 13.7. The first-order valence-electron chi connectivity index (χ1n) is 5.73. The van der Waals surface area contributed by atoms with Gasteiger partial charge in [0.05, 0.1) is 13.4 Å². The summed E-state index contributed by atoms with van der Waals surface area (Å²) >= 11 is 0. The predicted octanol–water partition coefficient (Wildman–Crippen LogP) is 0.804. The van der Waals surface area contributed by atoms with Gasteiger partial charge in [-0.2, -0.15) is 0 Å². The maximum Gasteiger partial charge on any atom is 0.255 e. The maximum absolute atomic E-state index is 10.7. The molecule has 1 aromatic heterocycles. The van der Waals surface area contributed by atoms with Crippen LogP contribution in [-0.2, 0) is 11.3 Å². The van der Waals surface area contributed by atoms with Gasteiger partial charge in [-0.1, -0.05) is 6.07 Å². The van der Waals surface area contributed by atoms with Crippen LogP contribution in [0, 0.1) is 0 Å². The molecule has 2 N–H and O–H groups in total. The van der Waals surface area contributed by atoms with Crippen molar-refractivity contribution in [2.45, 2.75) is 6.54 Å². The lowest BCUT2D eigenvalue weighted by Crippen LogP contribution is -2.20. The number of carbonyl (C=O) groups is 1. The number of imidazole rings is 1. The van der Waals surface area contributed by atoms with Crippen LogP contribution in [0.1, 0.15) is 5.56 Å². The van der Waals surface area contributed by atoms with E-state index in [2.05, 4.69) is 4.98 Å². The van der Waals surface area contributed by atoms with Crippen LogP contribution in [0.15, 0.2) is 36.9 Å². The maximum atomic E-state index is 10.7. The molecular formula is C13H15N3O3. The summed E-state index contributed by atoms with van der Waals surface area (Å²) < 4.78 is 12.4. The fourth-order valence-electron chi connectivity index (χ4n) is 1.67. The average Bonchev–Trinajstić information content (AvgIpc) is 2.89. The molecule has 0 aliphatic rings. The Balaban J connectivity index is 2.13. The standard InChI is InChI=1S/C13H15N3O3/c1-18-12-6-10(7-16-5-4-15-9-16)2-3-11(12)19-8-13(14)17/h2-6,9H,7-8H2,1H3,(H2,14,17). The molecule has 6 nitrogen and oxygen atoms in total. The summed E-state index contributed by atoms with van der Waals surface area (Å²) in [6, 6.07) is 5.52. The third-order valence-corrected chi connectivity index (χ3v) is 2.52. The van der Waals surface area contributed by atoms with E-state index in [4.69, 9.17) is 15.2 Å². The number of benzene rings is 1. The Kier molecular flexibility index (Phi) is 4.02. The van der Waals surface area contributed by atoms with Gasteiger partial charge in [-0.25, -0.2) is 4.98 Å². The molecule has 0 spiro atoms. The Hall–Kier alpha value is -2.50. The number of nitrogens with zero attached hydrogens (tertiary/aromatic N) is 2. The average molecular weight is 261 g/mol. The first-order chi connectivity index (χ1) is 9.19. The fourth-order valence-corrected chi connectivity index (χ4v) is 1.67. The quantitative estimate of drug-likeness (QED) is 0.834. The molecule has 100 valence electrons. The van der Waals surface area contributed by atoms with E-state index in [1.807, 2.05) is 22.9 Å². The Bertz CT molecular complexity index is 552. The number of hydrogen-bond donors (Lipinski definition) is 1. The van der Waals surface area contributed by atoms with E-state index in [0.717, 1.165) is 5.56 Å².